The third-order valence-corrected chi connectivity index (χ3v) is 6.08. The zero-order valence-corrected chi connectivity index (χ0v) is 15.5. The number of rotatable bonds is 6. The van der Waals surface area contributed by atoms with Gasteiger partial charge in [-0.05, 0) is 42.9 Å². The molecule has 1 atom stereocenters. The highest BCUT2D eigenvalue weighted by Crippen LogP contribution is 2.21. The van der Waals surface area contributed by atoms with Crippen molar-refractivity contribution >= 4 is 10.0 Å². The molecule has 1 N–H and O–H groups in total. The Kier molecular flexibility index (Phi) is 5.98. The molecule has 2 aromatic rings. The van der Waals surface area contributed by atoms with Crippen LogP contribution in [0.15, 0.2) is 53.7 Å². The molecule has 0 amide bonds. The third kappa shape index (κ3) is 4.64. The summed E-state index contributed by atoms with van der Waals surface area (Å²) in [6.07, 6.45) is 3.47. The highest BCUT2D eigenvalue weighted by atomic mass is 32.2. The molecule has 1 aliphatic heterocycles. The molecule has 26 heavy (non-hydrogen) atoms. The first kappa shape index (κ1) is 18.9. The summed E-state index contributed by atoms with van der Waals surface area (Å²) in [7, 11) is -1.63. The summed E-state index contributed by atoms with van der Waals surface area (Å²) >= 11 is 0. The fraction of sp³-hybridized carbons (Fsp3) is 0.389. The van der Waals surface area contributed by atoms with Gasteiger partial charge in [0, 0.05) is 51.2 Å². The number of halogens is 1. The van der Waals surface area contributed by atoms with E-state index in [9.17, 15) is 12.8 Å². The molecule has 3 rings (SSSR count). The van der Waals surface area contributed by atoms with Crippen molar-refractivity contribution in [2.75, 3.05) is 39.8 Å². The molecule has 0 aliphatic carbocycles. The van der Waals surface area contributed by atoms with Crippen LogP contribution in [-0.2, 0) is 10.0 Å². The molecule has 140 valence electrons. The van der Waals surface area contributed by atoms with Crippen molar-refractivity contribution in [2.24, 2.45) is 0 Å². The van der Waals surface area contributed by atoms with Gasteiger partial charge in [-0.3, -0.25) is 9.88 Å². The Labute approximate surface area is 153 Å². The number of likely N-dealkylation sites (N-methyl/N-ethyl adjacent to an activating group) is 1. The van der Waals surface area contributed by atoms with Crippen molar-refractivity contribution in [1.82, 2.24) is 19.5 Å². The normalized spacial score (nSPS) is 17.9. The van der Waals surface area contributed by atoms with E-state index in [1.165, 1.54) is 12.1 Å². The van der Waals surface area contributed by atoms with Crippen molar-refractivity contribution in [3.05, 3.63) is 60.2 Å². The van der Waals surface area contributed by atoms with Crippen LogP contribution in [-0.4, -0.2) is 63.0 Å². The molecular formula is C18H23FN4O2S. The molecule has 1 aromatic heterocycles. The van der Waals surface area contributed by atoms with E-state index in [2.05, 4.69) is 26.6 Å². The summed E-state index contributed by atoms with van der Waals surface area (Å²) in [6.45, 7) is 3.81. The molecule has 0 saturated carbocycles. The monoisotopic (exact) mass is 378 g/mol. The number of piperazine rings is 1. The molecule has 0 unspecified atom stereocenters. The average Bonchev–Trinajstić information content (AvgIpc) is 2.64. The average molecular weight is 378 g/mol. The molecule has 0 radical (unpaired) electrons. The molecule has 8 heteroatoms. The maximum Gasteiger partial charge on any atom is 0.240 e. The second-order valence-electron chi connectivity index (χ2n) is 6.45. The van der Waals surface area contributed by atoms with Gasteiger partial charge >= 0.3 is 0 Å². The Morgan fingerprint density at radius 3 is 2.46 bits per heavy atom. The van der Waals surface area contributed by atoms with Crippen LogP contribution in [0.3, 0.4) is 0 Å². The lowest BCUT2D eigenvalue weighted by molar-refractivity contribution is 0.112. The number of nitrogens with zero attached hydrogens (tertiary/aromatic N) is 3. The van der Waals surface area contributed by atoms with Gasteiger partial charge < -0.3 is 4.90 Å². The molecule has 1 aromatic carbocycles. The van der Waals surface area contributed by atoms with Gasteiger partial charge in [-0.15, -0.1) is 0 Å². The van der Waals surface area contributed by atoms with Crippen molar-refractivity contribution in [2.45, 2.75) is 10.9 Å². The molecule has 0 bridgehead atoms. The molecule has 0 spiro atoms. The molecular weight excluding hydrogens is 355 g/mol. The van der Waals surface area contributed by atoms with Crippen LogP contribution in [0.1, 0.15) is 11.6 Å². The maximum atomic E-state index is 13.1. The van der Waals surface area contributed by atoms with Crippen LogP contribution >= 0.6 is 0 Å². The number of pyridine rings is 1. The Hall–Kier alpha value is -1.87. The molecule has 2 heterocycles. The second kappa shape index (κ2) is 8.22. The lowest BCUT2D eigenvalue weighted by atomic mass is 10.1. The van der Waals surface area contributed by atoms with Crippen LogP contribution in [0.2, 0.25) is 0 Å². The Bertz CT molecular complexity index is 807. The lowest BCUT2D eigenvalue weighted by Crippen LogP contribution is -2.48. The van der Waals surface area contributed by atoms with Crippen LogP contribution < -0.4 is 4.72 Å². The Balaban J connectivity index is 1.76. The van der Waals surface area contributed by atoms with E-state index in [1.54, 1.807) is 12.4 Å². The van der Waals surface area contributed by atoms with E-state index in [0.717, 1.165) is 43.9 Å². The Morgan fingerprint density at radius 1 is 1.15 bits per heavy atom. The van der Waals surface area contributed by atoms with Gasteiger partial charge in [0.2, 0.25) is 10.0 Å². The summed E-state index contributed by atoms with van der Waals surface area (Å²) in [4.78, 5) is 8.75. The first-order chi connectivity index (χ1) is 12.5. The standard InChI is InChI=1S/C18H23FN4O2S/c1-22-9-11-23(12-10-22)18(15-3-2-8-20-13-15)14-21-26(24,25)17-6-4-16(19)5-7-17/h2-8,13,18,21H,9-12,14H2,1H3/t18-/m0/s1. The highest BCUT2D eigenvalue weighted by molar-refractivity contribution is 7.89. The number of benzene rings is 1. The van der Waals surface area contributed by atoms with Crippen molar-refractivity contribution < 1.29 is 12.8 Å². The van der Waals surface area contributed by atoms with Crippen molar-refractivity contribution in [3.8, 4) is 0 Å². The minimum atomic E-state index is -3.70. The predicted octanol–water partition coefficient (Wildman–Crippen LogP) is 1.49. The van der Waals surface area contributed by atoms with Crippen LogP contribution in [0.25, 0.3) is 0 Å². The lowest BCUT2D eigenvalue weighted by Gasteiger charge is -2.38. The summed E-state index contributed by atoms with van der Waals surface area (Å²) < 4.78 is 40.8. The van der Waals surface area contributed by atoms with Gasteiger partial charge in [0.05, 0.1) is 4.90 Å². The van der Waals surface area contributed by atoms with Gasteiger partial charge in [0.25, 0.3) is 0 Å². The molecule has 1 aliphatic rings. The quantitative estimate of drug-likeness (QED) is 0.825. The summed E-state index contributed by atoms with van der Waals surface area (Å²) in [5.41, 5.74) is 0.971. The first-order valence-corrected chi connectivity index (χ1v) is 10.0. The minimum absolute atomic E-state index is 0.0576. The van der Waals surface area contributed by atoms with E-state index in [4.69, 9.17) is 0 Å². The fourth-order valence-electron chi connectivity index (χ4n) is 3.05. The number of aromatic nitrogens is 1. The van der Waals surface area contributed by atoms with E-state index in [0.29, 0.717) is 0 Å². The van der Waals surface area contributed by atoms with Crippen molar-refractivity contribution in [1.29, 1.82) is 0 Å². The van der Waals surface area contributed by atoms with E-state index < -0.39 is 15.8 Å². The maximum absolute atomic E-state index is 13.1. The summed E-state index contributed by atoms with van der Waals surface area (Å²) in [5.74, 6) is -0.463. The van der Waals surface area contributed by atoms with Gasteiger partial charge in [0.15, 0.2) is 0 Å². The van der Waals surface area contributed by atoms with Crippen molar-refractivity contribution in [3.63, 3.8) is 0 Å². The SMILES string of the molecule is CN1CCN([C@@H](CNS(=O)(=O)c2ccc(F)cc2)c2cccnc2)CC1. The van der Waals surface area contributed by atoms with Gasteiger partial charge in [-0.1, -0.05) is 6.07 Å². The second-order valence-corrected chi connectivity index (χ2v) is 8.21. The minimum Gasteiger partial charge on any atom is -0.304 e. The fourth-order valence-corrected chi connectivity index (χ4v) is 4.09. The number of nitrogens with one attached hydrogen (secondary N) is 1. The van der Waals surface area contributed by atoms with Crippen LogP contribution in [0, 0.1) is 5.82 Å². The van der Waals surface area contributed by atoms with Gasteiger partial charge in [-0.2, -0.15) is 0 Å². The Morgan fingerprint density at radius 2 is 1.85 bits per heavy atom. The van der Waals surface area contributed by atoms with Crippen LogP contribution in [0.4, 0.5) is 4.39 Å². The molecule has 1 fully saturated rings. The van der Waals surface area contributed by atoms with Crippen LogP contribution in [0.5, 0.6) is 0 Å². The summed E-state index contributed by atoms with van der Waals surface area (Å²) in [5, 5.41) is 0. The highest BCUT2D eigenvalue weighted by Gasteiger charge is 2.26. The molecule has 6 nitrogen and oxygen atoms in total. The largest absolute Gasteiger partial charge is 0.304 e. The number of hydrogen-bond acceptors (Lipinski definition) is 5. The van der Waals surface area contributed by atoms with E-state index in [1.807, 2.05) is 12.1 Å². The van der Waals surface area contributed by atoms with E-state index >= 15 is 0 Å². The first-order valence-electron chi connectivity index (χ1n) is 8.53. The predicted molar refractivity (Wildman–Crippen MR) is 97.6 cm³/mol. The zero-order valence-electron chi connectivity index (χ0n) is 14.7. The topological polar surface area (TPSA) is 65.5 Å². The van der Waals surface area contributed by atoms with Gasteiger partial charge in [0.1, 0.15) is 5.82 Å². The number of sulfonamides is 1. The third-order valence-electron chi connectivity index (χ3n) is 4.64. The number of hydrogen-bond donors (Lipinski definition) is 1. The molecule has 1 saturated heterocycles. The zero-order chi connectivity index (χ0) is 18.6. The van der Waals surface area contributed by atoms with Gasteiger partial charge in [-0.25, -0.2) is 17.5 Å². The smallest absolute Gasteiger partial charge is 0.240 e. The summed E-state index contributed by atoms with van der Waals surface area (Å²) in [6, 6.07) is 8.54. The van der Waals surface area contributed by atoms with E-state index in [-0.39, 0.29) is 17.5 Å².